The van der Waals surface area contributed by atoms with E-state index in [1.165, 1.54) is 0 Å². The Kier molecular flexibility index (Phi) is 9.07. The fourth-order valence-electron chi connectivity index (χ4n) is 2.04. The number of nitrogens with two attached hydrogens (primary N) is 1. The summed E-state index contributed by atoms with van der Waals surface area (Å²) in [5, 5.41) is 12.9. The Morgan fingerprint density at radius 2 is 1.92 bits per heavy atom. The van der Waals surface area contributed by atoms with E-state index in [0.29, 0.717) is 0 Å². The van der Waals surface area contributed by atoms with Crippen molar-refractivity contribution in [2.45, 2.75) is 13.0 Å². The number of anilines is 1. The van der Waals surface area contributed by atoms with E-state index in [-0.39, 0.29) is 43.1 Å². The topological polar surface area (TPSA) is 89.1 Å². The van der Waals surface area contributed by atoms with Crippen LogP contribution in [0.25, 0.3) is 0 Å². The van der Waals surface area contributed by atoms with Crippen LogP contribution in [0.2, 0.25) is 0 Å². The molecule has 1 atom stereocenters. The average molecular weight is 457 g/mol. The number of benzene rings is 2. The van der Waals surface area contributed by atoms with Crippen LogP contribution in [0.4, 0.5) is 5.69 Å². The lowest BCUT2D eigenvalue weighted by Crippen LogP contribution is -2.27. The molecule has 6 nitrogen and oxygen atoms in total. The second-order valence-electron chi connectivity index (χ2n) is 5.36. The molecule has 0 amide bonds. The highest BCUT2D eigenvalue weighted by molar-refractivity contribution is 14.0. The minimum absolute atomic E-state index is 0. The van der Waals surface area contributed by atoms with Crippen LogP contribution >= 0.6 is 24.0 Å². The third-order valence-corrected chi connectivity index (χ3v) is 3.25. The van der Waals surface area contributed by atoms with Crippen molar-refractivity contribution in [3.05, 3.63) is 54.1 Å². The van der Waals surface area contributed by atoms with Gasteiger partial charge in [0.1, 0.15) is 24.2 Å². The summed E-state index contributed by atoms with van der Waals surface area (Å²) >= 11 is 0. The van der Waals surface area contributed by atoms with Gasteiger partial charge >= 0.3 is 0 Å². The number of ether oxygens (including phenoxy) is 2. The lowest BCUT2D eigenvalue weighted by Gasteiger charge is -2.12. The van der Waals surface area contributed by atoms with Crippen LogP contribution in [0, 0.1) is 6.92 Å². The number of nitrogens with one attached hydrogen (secondary N) is 1. The molecule has 2 rings (SSSR count). The number of hydrogen-bond donors (Lipinski definition) is 3. The van der Waals surface area contributed by atoms with E-state index >= 15 is 0 Å². The monoisotopic (exact) mass is 457 g/mol. The summed E-state index contributed by atoms with van der Waals surface area (Å²) in [6.45, 7) is 2.28. The van der Waals surface area contributed by atoms with Crippen LogP contribution in [0.15, 0.2) is 53.5 Å². The van der Waals surface area contributed by atoms with Crippen molar-refractivity contribution >= 4 is 35.6 Å². The van der Waals surface area contributed by atoms with Gasteiger partial charge in [0.2, 0.25) is 0 Å². The number of aliphatic imine (C=N–C) groups is 1. The molecule has 0 aromatic heterocycles. The molecule has 25 heavy (non-hydrogen) atoms. The predicted octanol–water partition coefficient (Wildman–Crippen LogP) is 2.79. The number of aliphatic hydroxyl groups is 1. The number of methoxy groups -OCH3 is 1. The second kappa shape index (κ2) is 10.8. The largest absolute Gasteiger partial charge is 0.497 e. The SMILES string of the molecule is COc1cccc(NC(N)=NCC(O)COc2cccc(C)c2)c1.I. The van der Waals surface area contributed by atoms with Crippen molar-refractivity contribution < 1.29 is 14.6 Å². The molecule has 0 spiro atoms. The third kappa shape index (κ3) is 7.61. The lowest BCUT2D eigenvalue weighted by molar-refractivity contribution is 0.114. The van der Waals surface area contributed by atoms with Crippen molar-refractivity contribution in [3.63, 3.8) is 0 Å². The molecular weight excluding hydrogens is 433 g/mol. The molecule has 2 aromatic rings. The molecule has 2 aromatic carbocycles. The van der Waals surface area contributed by atoms with Gasteiger partial charge in [0.05, 0.1) is 13.7 Å². The molecule has 4 N–H and O–H groups in total. The predicted molar refractivity (Wildman–Crippen MR) is 111 cm³/mol. The van der Waals surface area contributed by atoms with E-state index in [9.17, 15) is 5.11 Å². The Bertz CT molecular complexity index is 695. The first-order valence-corrected chi connectivity index (χ1v) is 7.65. The van der Waals surface area contributed by atoms with Gasteiger partial charge in [-0.1, -0.05) is 18.2 Å². The zero-order chi connectivity index (χ0) is 17.4. The highest BCUT2D eigenvalue weighted by atomic mass is 127. The summed E-state index contributed by atoms with van der Waals surface area (Å²) in [6.07, 6.45) is -0.740. The van der Waals surface area contributed by atoms with Gasteiger partial charge in [0.25, 0.3) is 0 Å². The summed E-state index contributed by atoms with van der Waals surface area (Å²) in [6, 6.07) is 15.0. The molecule has 0 saturated heterocycles. The van der Waals surface area contributed by atoms with Gasteiger partial charge in [-0.25, -0.2) is 0 Å². The van der Waals surface area contributed by atoms with Crippen molar-refractivity contribution in [3.8, 4) is 11.5 Å². The first kappa shape index (κ1) is 21.0. The molecule has 1 unspecified atom stereocenters. The Morgan fingerprint density at radius 1 is 1.20 bits per heavy atom. The van der Waals surface area contributed by atoms with Crippen LogP contribution in [0.1, 0.15) is 5.56 Å². The highest BCUT2D eigenvalue weighted by Crippen LogP contribution is 2.16. The quantitative estimate of drug-likeness (QED) is 0.338. The molecular formula is C18H24IN3O3. The van der Waals surface area contributed by atoms with E-state index in [1.54, 1.807) is 13.2 Å². The molecule has 0 aliphatic carbocycles. The zero-order valence-corrected chi connectivity index (χ0v) is 16.6. The van der Waals surface area contributed by atoms with Crippen LogP contribution in [-0.2, 0) is 0 Å². The van der Waals surface area contributed by atoms with Gasteiger partial charge in [-0.05, 0) is 36.8 Å². The van der Waals surface area contributed by atoms with Gasteiger partial charge in [-0.15, -0.1) is 24.0 Å². The Balaban J connectivity index is 0.00000312. The van der Waals surface area contributed by atoms with Crippen LogP contribution < -0.4 is 20.5 Å². The average Bonchev–Trinajstić information content (AvgIpc) is 2.58. The number of halogens is 1. The number of aliphatic hydroxyl groups excluding tert-OH is 1. The van der Waals surface area contributed by atoms with Crippen LogP contribution in [-0.4, -0.2) is 37.4 Å². The summed E-state index contributed by atoms with van der Waals surface area (Å²) < 4.78 is 10.7. The van der Waals surface area contributed by atoms with E-state index in [2.05, 4.69) is 10.3 Å². The minimum Gasteiger partial charge on any atom is -0.497 e. The van der Waals surface area contributed by atoms with Crippen molar-refractivity contribution in [2.24, 2.45) is 10.7 Å². The summed E-state index contributed by atoms with van der Waals surface area (Å²) in [5.74, 6) is 1.66. The van der Waals surface area contributed by atoms with Gasteiger partial charge in [-0.2, -0.15) is 0 Å². The number of aryl methyl sites for hydroxylation is 1. The van der Waals surface area contributed by atoms with Gasteiger partial charge in [-0.3, -0.25) is 4.99 Å². The molecule has 0 heterocycles. The van der Waals surface area contributed by atoms with E-state index in [4.69, 9.17) is 15.2 Å². The van der Waals surface area contributed by atoms with Gasteiger partial charge in [0.15, 0.2) is 5.96 Å². The number of rotatable bonds is 7. The standard InChI is InChI=1S/C18H23N3O3.HI/c1-13-5-3-8-17(9-13)24-12-15(22)11-20-18(19)21-14-6-4-7-16(10-14)23-2;/h3-10,15,22H,11-12H2,1-2H3,(H3,19,20,21);1H. The molecule has 136 valence electrons. The Morgan fingerprint density at radius 3 is 2.64 bits per heavy atom. The first-order valence-electron chi connectivity index (χ1n) is 7.65. The minimum atomic E-state index is -0.740. The number of nitrogens with zero attached hydrogens (tertiary/aromatic N) is 1. The molecule has 0 bridgehead atoms. The first-order chi connectivity index (χ1) is 11.6. The fourth-order valence-corrected chi connectivity index (χ4v) is 2.04. The second-order valence-corrected chi connectivity index (χ2v) is 5.36. The lowest BCUT2D eigenvalue weighted by atomic mass is 10.2. The highest BCUT2D eigenvalue weighted by Gasteiger charge is 2.05. The summed E-state index contributed by atoms with van der Waals surface area (Å²) in [5.41, 5.74) is 7.69. The maximum atomic E-state index is 9.94. The Labute approximate surface area is 165 Å². The third-order valence-electron chi connectivity index (χ3n) is 3.25. The van der Waals surface area contributed by atoms with Gasteiger partial charge in [0, 0.05) is 11.8 Å². The molecule has 0 saturated carbocycles. The van der Waals surface area contributed by atoms with Crippen molar-refractivity contribution in [1.29, 1.82) is 0 Å². The van der Waals surface area contributed by atoms with Gasteiger partial charge < -0.3 is 25.6 Å². The van der Waals surface area contributed by atoms with E-state index < -0.39 is 6.10 Å². The van der Waals surface area contributed by atoms with Crippen LogP contribution in [0.5, 0.6) is 11.5 Å². The van der Waals surface area contributed by atoms with E-state index in [1.807, 2.05) is 49.4 Å². The Hall–Kier alpha value is -2.00. The maximum absolute atomic E-state index is 9.94. The maximum Gasteiger partial charge on any atom is 0.193 e. The molecule has 0 radical (unpaired) electrons. The molecule has 0 aliphatic heterocycles. The normalized spacial score (nSPS) is 12.0. The number of hydrogen-bond acceptors (Lipinski definition) is 4. The summed E-state index contributed by atoms with van der Waals surface area (Å²) in [4.78, 5) is 4.12. The smallest absolute Gasteiger partial charge is 0.193 e. The van der Waals surface area contributed by atoms with Crippen molar-refractivity contribution in [2.75, 3.05) is 25.6 Å². The van der Waals surface area contributed by atoms with E-state index in [0.717, 1.165) is 22.7 Å². The number of guanidine groups is 1. The van der Waals surface area contributed by atoms with Crippen molar-refractivity contribution in [1.82, 2.24) is 0 Å². The fraction of sp³-hybridized carbons (Fsp3) is 0.278. The van der Waals surface area contributed by atoms with Crippen LogP contribution in [0.3, 0.4) is 0 Å². The molecule has 7 heteroatoms. The molecule has 0 aliphatic rings. The summed E-state index contributed by atoms with van der Waals surface area (Å²) in [7, 11) is 1.60. The molecule has 0 fully saturated rings. The zero-order valence-electron chi connectivity index (χ0n) is 14.3.